The fraction of sp³-hybridized carbons (Fsp3) is 0.600. The molecule has 1 rings (SSSR count). The fourth-order valence-corrected chi connectivity index (χ4v) is 2.62. The molecule has 0 aromatic heterocycles. The largest absolute Gasteiger partial charge is 0.228 e. The Bertz CT molecular complexity index is 672. The molecule has 0 saturated heterocycles. The SMILES string of the molecule is C[C@@H]([C@@H](O[N+](C)(C)C(C)(C)C)c1ccc(Br)cc1F)S(N)(=O)=O. The summed E-state index contributed by atoms with van der Waals surface area (Å²) in [5.74, 6) is -0.547. The Morgan fingerprint density at radius 3 is 2.22 bits per heavy atom. The molecule has 132 valence electrons. The van der Waals surface area contributed by atoms with Crippen LogP contribution in [0.3, 0.4) is 0 Å². The summed E-state index contributed by atoms with van der Waals surface area (Å²) in [7, 11) is -0.326. The Morgan fingerprint density at radius 2 is 1.83 bits per heavy atom. The molecule has 0 amide bonds. The van der Waals surface area contributed by atoms with Crippen LogP contribution in [0.5, 0.6) is 0 Å². The third-order valence-electron chi connectivity index (χ3n) is 4.21. The van der Waals surface area contributed by atoms with Gasteiger partial charge in [0.1, 0.15) is 16.6 Å². The molecule has 0 aliphatic carbocycles. The molecule has 0 aliphatic rings. The first-order valence-corrected chi connectivity index (χ1v) is 9.56. The van der Waals surface area contributed by atoms with E-state index in [-0.39, 0.29) is 15.7 Å². The minimum atomic E-state index is -3.91. The van der Waals surface area contributed by atoms with Gasteiger partial charge in [-0.2, -0.15) is 9.48 Å². The number of hydroxylamine groups is 3. The molecule has 0 bridgehead atoms. The molecule has 0 radical (unpaired) electrons. The highest BCUT2D eigenvalue weighted by Crippen LogP contribution is 2.34. The van der Waals surface area contributed by atoms with Gasteiger partial charge in [0.05, 0.1) is 14.1 Å². The lowest BCUT2D eigenvalue weighted by molar-refractivity contribution is -1.12. The van der Waals surface area contributed by atoms with Gasteiger partial charge in [-0.3, -0.25) is 0 Å². The Balaban J connectivity index is 3.39. The van der Waals surface area contributed by atoms with E-state index in [9.17, 15) is 12.8 Å². The summed E-state index contributed by atoms with van der Waals surface area (Å²) < 4.78 is 38.6. The van der Waals surface area contributed by atoms with Crippen LogP contribution in [0, 0.1) is 5.82 Å². The van der Waals surface area contributed by atoms with Crippen LogP contribution >= 0.6 is 15.9 Å². The smallest absolute Gasteiger partial charge is 0.214 e. The maximum absolute atomic E-state index is 14.4. The van der Waals surface area contributed by atoms with Crippen molar-refractivity contribution >= 4 is 26.0 Å². The predicted octanol–water partition coefficient (Wildman–Crippen LogP) is 3.11. The molecule has 0 fully saturated rings. The van der Waals surface area contributed by atoms with Crippen molar-refractivity contribution in [2.75, 3.05) is 14.1 Å². The van der Waals surface area contributed by atoms with Gasteiger partial charge in [-0.1, -0.05) is 22.0 Å². The van der Waals surface area contributed by atoms with Gasteiger partial charge in [-0.25, -0.2) is 17.9 Å². The highest BCUT2D eigenvalue weighted by Gasteiger charge is 2.42. The normalized spacial score (nSPS) is 16.2. The zero-order valence-electron chi connectivity index (χ0n) is 14.3. The van der Waals surface area contributed by atoms with Gasteiger partial charge in [0.25, 0.3) is 0 Å². The molecule has 1 aromatic carbocycles. The minimum absolute atomic E-state index is 0.0348. The summed E-state index contributed by atoms with van der Waals surface area (Å²) in [6, 6.07) is 4.43. The summed E-state index contributed by atoms with van der Waals surface area (Å²) in [4.78, 5) is 6.02. The van der Waals surface area contributed by atoms with Gasteiger partial charge >= 0.3 is 0 Å². The molecule has 0 heterocycles. The van der Waals surface area contributed by atoms with Gasteiger partial charge in [-0.05, 0) is 39.8 Å². The van der Waals surface area contributed by atoms with Crippen molar-refractivity contribution in [3.63, 3.8) is 0 Å². The molecule has 2 atom stereocenters. The molecule has 5 nitrogen and oxygen atoms in total. The minimum Gasteiger partial charge on any atom is -0.228 e. The molecule has 0 spiro atoms. The summed E-state index contributed by atoms with van der Waals surface area (Å²) in [5, 5.41) is 4.18. The number of quaternary nitrogens is 1. The summed E-state index contributed by atoms with van der Waals surface area (Å²) in [6.07, 6.45) is -1.03. The van der Waals surface area contributed by atoms with Crippen molar-refractivity contribution in [1.82, 2.24) is 0 Å². The molecule has 1 aromatic rings. The quantitative estimate of drug-likeness (QED) is 0.597. The van der Waals surface area contributed by atoms with Gasteiger partial charge in [-0.15, -0.1) is 0 Å². The van der Waals surface area contributed by atoms with E-state index in [1.807, 2.05) is 20.8 Å². The summed E-state index contributed by atoms with van der Waals surface area (Å²) in [6.45, 7) is 7.26. The first-order valence-electron chi connectivity index (χ1n) is 7.16. The molecule has 2 N–H and O–H groups in total. The van der Waals surface area contributed by atoms with Gasteiger partial charge < -0.3 is 0 Å². The van der Waals surface area contributed by atoms with Crippen molar-refractivity contribution in [1.29, 1.82) is 0 Å². The van der Waals surface area contributed by atoms with Crippen molar-refractivity contribution in [2.24, 2.45) is 5.14 Å². The van der Waals surface area contributed by atoms with E-state index in [1.165, 1.54) is 19.1 Å². The van der Waals surface area contributed by atoms with E-state index in [0.29, 0.717) is 4.47 Å². The van der Waals surface area contributed by atoms with Crippen LogP contribution in [0.4, 0.5) is 4.39 Å². The van der Waals surface area contributed by atoms with Crippen molar-refractivity contribution < 1.29 is 22.3 Å². The Hall–Kier alpha value is -0.540. The van der Waals surface area contributed by atoms with Crippen LogP contribution in [0.2, 0.25) is 0 Å². The fourth-order valence-electron chi connectivity index (χ4n) is 1.74. The van der Waals surface area contributed by atoms with Gasteiger partial charge in [0.15, 0.2) is 6.10 Å². The van der Waals surface area contributed by atoms with Crippen LogP contribution in [0.15, 0.2) is 22.7 Å². The number of benzene rings is 1. The average Bonchev–Trinajstić information content (AvgIpc) is 2.33. The Kier molecular flexibility index (Phi) is 6.02. The van der Waals surface area contributed by atoms with E-state index in [4.69, 9.17) is 9.98 Å². The van der Waals surface area contributed by atoms with Crippen LogP contribution < -0.4 is 5.14 Å². The van der Waals surface area contributed by atoms with E-state index in [1.54, 1.807) is 20.2 Å². The number of hydrogen-bond acceptors (Lipinski definition) is 3. The number of rotatable bonds is 5. The predicted molar refractivity (Wildman–Crippen MR) is 92.4 cm³/mol. The molecule has 0 saturated carbocycles. The third kappa shape index (κ3) is 4.96. The van der Waals surface area contributed by atoms with Crippen LogP contribution in [0.25, 0.3) is 0 Å². The number of primary sulfonamides is 1. The summed E-state index contributed by atoms with van der Waals surface area (Å²) >= 11 is 3.19. The second kappa shape index (κ2) is 6.76. The second-order valence-electron chi connectivity index (χ2n) is 7.01. The van der Waals surface area contributed by atoms with Crippen molar-refractivity contribution in [3.8, 4) is 0 Å². The highest BCUT2D eigenvalue weighted by atomic mass is 79.9. The van der Waals surface area contributed by atoms with Crippen LogP contribution in [0.1, 0.15) is 39.4 Å². The van der Waals surface area contributed by atoms with E-state index >= 15 is 0 Å². The monoisotopic (exact) mass is 411 g/mol. The van der Waals surface area contributed by atoms with Crippen LogP contribution in [-0.4, -0.2) is 37.9 Å². The lowest BCUT2D eigenvalue weighted by atomic mass is 10.1. The zero-order valence-corrected chi connectivity index (χ0v) is 16.7. The van der Waals surface area contributed by atoms with Crippen LogP contribution in [-0.2, 0) is 14.9 Å². The molecule has 8 heteroatoms. The maximum atomic E-state index is 14.4. The number of nitrogens with zero attached hydrogens (tertiary/aromatic N) is 1. The van der Waals surface area contributed by atoms with Crippen molar-refractivity contribution in [3.05, 3.63) is 34.1 Å². The summed E-state index contributed by atoms with van der Waals surface area (Å²) in [5.41, 5.74) is -0.187. The number of hydrogen-bond donors (Lipinski definition) is 1. The molecule has 23 heavy (non-hydrogen) atoms. The highest BCUT2D eigenvalue weighted by molar-refractivity contribution is 9.10. The molecular weight excluding hydrogens is 387 g/mol. The van der Waals surface area contributed by atoms with E-state index in [2.05, 4.69) is 15.9 Å². The number of sulfonamides is 1. The van der Waals surface area contributed by atoms with E-state index < -0.39 is 27.2 Å². The standard InChI is InChI=1S/C15H25BrFN2O3S/c1-10(23(18,20)21)14(22-19(5,6)15(2,3)4)12-8-7-11(16)9-13(12)17/h7-10,14H,1-6H3,(H2,18,20,21)/q+1/t10-,14+/m0/s1. The molecule has 0 unspecified atom stereocenters. The third-order valence-corrected chi connectivity index (χ3v) is 5.98. The second-order valence-corrected chi connectivity index (χ2v) is 9.84. The lowest BCUT2D eigenvalue weighted by Crippen LogP contribution is -2.56. The molecular formula is C15H25BrFN2O3S+. The Morgan fingerprint density at radius 1 is 1.30 bits per heavy atom. The average molecular weight is 412 g/mol. The Labute approximate surface area is 146 Å². The number of nitrogens with two attached hydrogens (primary N) is 1. The first kappa shape index (κ1) is 20.5. The lowest BCUT2D eigenvalue weighted by Gasteiger charge is -2.42. The topological polar surface area (TPSA) is 69.4 Å². The van der Waals surface area contributed by atoms with Gasteiger partial charge in [0, 0.05) is 10.0 Å². The molecule has 0 aliphatic heterocycles. The van der Waals surface area contributed by atoms with Gasteiger partial charge in [0.2, 0.25) is 10.0 Å². The van der Waals surface area contributed by atoms with Crippen molar-refractivity contribution in [2.45, 2.75) is 44.6 Å². The first-order chi connectivity index (χ1) is 10.2. The number of halogens is 2. The maximum Gasteiger partial charge on any atom is 0.214 e. The van der Waals surface area contributed by atoms with E-state index in [0.717, 1.165) is 0 Å². The zero-order chi connectivity index (χ0) is 18.2.